The Morgan fingerprint density at radius 2 is 1.48 bits per heavy atom. The Labute approximate surface area is 183 Å². The van der Waals surface area contributed by atoms with Gasteiger partial charge in [0.2, 0.25) is 0 Å². The number of thiol groups is 1. The molecule has 0 spiro atoms. The number of carboxylic acid groups (broad SMARTS) is 1. The van der Waals surface area contributed by atoms with E-state index in [9.17, 15) is 19.5 Å². The Morgan fingerprint density at radius 1 is 0.903 bits per heavy atom. The normalized spacial score (nSPS) is 14.9. The molecule has 1 aliphatic heterocycles. The number of nitrogens with zero attached hydrogens (tertiary/aromatic N) is 2. The third kappa shape index (κ3) is 2.92. The molecule has 0 saturated carbocycles. The van der Waals surface area contributed by atoms with Crippen LogP contribution in [0.25, 0.3) is 32.3 Å². The number of carboxylic acids is 1. The smallest absolute Gasteiger partial charge is 0.328 e. The molecule has 1 heterocycles. The van der Waals surface area contributed by atoms with Gasteiger partial charge < -0.3 is 5.11 Å². The molecule has 154 valence electrons. The van der Waals surface area contributed by atoms with E-state index in [1.807, 2.05) is 42.5 Å². The summed E-state index contributed by atoms with van der Waals surface area (Å²) in [6.07, 6.45) is 2.47. The Kier molecular flexibility index (Phi) is 4.55. The quantitative estimate of drug-likeness (QED) is 0.275. The summed E-state index contributed by atoms with van der Waals surface area (Å²) in [5, 5.41) is 18.1. The Balaban J connectivity index is 1.83. The van der Waals surface area contributed by atoms with Crippen LogP contribution in [-0.2, 0) is 14.4 Å². The number of anilines is 1. The van der Waals surface area contributed by atoms with Gasteiger partial charge in [0.25, 0.3) is 11.8 Å². The fraction of sp³-hybridized carbons (Fsp3) is 0.125. The second kappa shape index (κ2) is 7.28. The monoisotopic (exact) mass is 430 g/mol. The second-order valence-corrected chi connectivity index (χ2v) is 7.92. The van der Waals surface area contributed by atoms with Crippen molar-refractivity contribution in [3.63, 3.8) is 0 Å². The highest BCUT2D eigenvalue weighted by Crippen LogP contribution is 2.40. The molecule has 2 amide bonds. The highest BCUT2D eigenvalue weighted by Gasteiger charge is 2.38. The average molecular weight is 430 g/mol. The number of hydrazine groups is 1. The molecule has 4 aromatic rings. The number of carbonyl (C=O) groups excluding carboxylic acids is 2. The van der Waals surface area contributed by atoms with Crippen molar-refractivity contribution in [3.05, 3.63) is 66.7 Å². The molecule has 6 nitrogen and oxygen atoms in total. The Morgan fingerprint density at radius 3 is 2.10 bits per heavy atom. The van der Waals surface area contributed by atoms with Gasteiger partial charge in [-0.2, -0.15) is 17.6 Å². The minimum atomic E-state index is -1.14. The zero-order chi connectivity index (χ0) is 21.7. The summed E-state index contributed by atoms with van der Waals surface area (Å²) in [6.45, 7) is 0. The lowest BCUT2D eigenvalue weighted by molar-refractivity contribution is -0.142. The fourth-order valence-electron chi connectivity index (χ4n) is 4.41. The van der Waals surface area contributed by atoms with Gasteiger partial charge in [-0.25, -0.2) is 4.79 Å². The number of hydrogen-bond donors (Lipinski definition) is 2. The van der Waals surface area contributed by atoms with Gasteiger partial charge in [-0.3, -0.25) is 14.6 Å². The molecule has 4 aromatic carbocycles. The predicted molar refractivity (Wildman–Crippen MR) is 124 cm³/mol. The van der Waals surface area contributed by atoms with E-state index < -0.39 is 23.8 Å². The van der Waals surface area contributed by atoms with Crippen LogP contribution in [0.1, 0.15) is 6.42 Å². The molecule has 1 N–H and O–H groups in total. The zero-order valence-corrected chi connectivity index (χ0v) is 17.3. The molecule has 1 aliphatic rings. The maximum Gasteiger partial charge on any atom is 0.328 e. The zero-order valence-electron chi connectivity index (χ0n) is 16.4. The highest BCUT2D eigenvalue weighted by atomic mass is 32.1. The van der Waals surface area contributed by atoms with Gasteiger partial charge in [0, 0.05) is 17.5 Å². The van der Waals surface area contributed by atoms with Crippen LogP contribution in [0.5, 0.6) is 0 Å². The van der Waals surface area contributed by atoms with Gasteiger partial charge in [0.1, 0.15) is 6.04 Å². The molecular formula is C24H18N2O4S. The molecule has 31 heavy (non-hydrogen) atoms. The van der Waals surface area contributed by atoms with E-state index in [0.29, 0.717) is 5.69 Å². The number of benzene rings is 4. The predicted octanol–water partition coefficient (Wildman–Crippen LogP) is 4.00. The lowest BCUT2D eigenvalue weighted by atomic mass is 9.93. The van der Waals surface area contributed by atoms with Gasteiger partial charge in [-0.1, -0.05) is 48.5 Å². The van der Waals surface area contributed by atoms with Gasteiger partial charge in [-0.15, -0.1) is 0 Å². The van der Waals surface area contributed by atoms with E-state index in [2.05, 4.69) is 18.7 Å². The summed E-state index contributed by atoms with van der Waals surface area (Å²) in [6, 6.07) is 16.6. The van der Waals surface area contributed by atoms with Crippen LogP contribution in [0.3, 0.4) is 0 Å². The number of amides is 2. The number of imide groups is 1. The topological polar surface area (TPSA) is 77.9 Å². The number of hydrogen-bond acceptors (Lipinski definition) is 5. The standard InChI is InChI=1S/C24H18N2O4S/c27-20-10-11-21(28)26(20)25(19(12-13-31)24(29)30)18-9-7-16-5-4-14-2-1-3-15-6-8-17(18)23(16)22(14)15/h1-11,19,31H,12-13H2,(H,29,30). The van der Waals surface area contributed by atoms with Gasteiger partial charge in [-0.05, 0) is 45.2 Å². The van der Waals surface area contributed by atoms with Crippen molar-refractivity contribution in [3.8, 4) is 0 Å². The van der Waals surface area contributed by atoms with Crippen LogP contribution in [0.2, 0.25) is 0 Å². The van der Waals surface area contributed by atoms with Crippen molar-refractivity contribution in [1.29, 1.82) is 0 Å². The summed E-state index contributed by atoms with van der Waals surface area (Å²) >= 11 is 4.21. The van der Waals surface area contributed by atoms with E-state index >= 15 is 0 Å². The van der Waals surface area contributed by atoms with Crippen molar-refractivity contribution in [2.24, 2.45) is 0 Å². The first-order valence-corrected chi connectivity index (χ1v) is 10.5. The minimum Gasteiger partial charge on any atom is -0.480 e. The van der Waals surface area contributed by atoms with Crippen molar-refractivity contribution in [2.45, 2.75) is 12.5 Å². The molecule has 0 bridgehead atoms. The van der Waals surface area contributed by atoms with Crippen LogP contribution in [0.15, 0.2) is 66.7 Å². The maximum absolute atomic E-state index is 12.6. The lowest BCUT2D eigenvalue weighted by Gasteiger charge is -2.37. The third-order valence-electron chi connectivity index (χ3n) is 5.74. The lowest BCUT2D eigenvalue weighted by Crippen LogP contribution is -2.55. The van der Waals surface area contributed by atoms with Gasteiger partial charge in [0.05, 0.1) is 5.69 Å². The molecular weight excluding hydrogens is 412 g/mol. The summed E-state index contributed by atoms with van der Waals surface area (Å²) in [5.41, 5.74) is 0.491. The maximum atomic E-state index is 12.6. The molecule has 1 atom stereocenters. The first kappa shape index (κ1) is 19.4. The minimum absolute atomic E-state index is 0.150. The SMILES string of the molecule is O=C(O)C(CCS)N(c1ccc2ccc3cccc4ccc1c2c34)N1C(=O)C=CC1=O. The summed E-state index contributed by atoms with van der Waals surface area (Å²) in [5.74, 6) is -1.99. The van der Waals surface area contributed by atoms with E-state index in [4.69, 9.17) is 0 Å². The average Bonchev–Trinajstić information content (AvgIpc) is 3.10. The van der Waals surface area contributed by atoms with Gasteiger partial charge >= 0.3 is 5.97 Å². The Hall–Kier alpha value is -3.58. The second-order valence-electron chi connectivity index (χ2n) is 7.47. The molecule has 7 heteroatoms. The van der Waals surface area contributed by atoms with Gasteiger partial charge in [0.15, 0.2) is 0 Å². The van der Waals surface area contributed by atoms with E-state index in [-0.39, 0.29) is 12.2 Å². The Bertz CT molecular complexity index is 1360. The fourth-order valence-corrected chi connectivity index (χ4v) is 4.66. The molecule has 0 fully saturated rings. The van der Waals surface area contributed by atoms with E-state index in [1.165, 1.54) is 5.01 Å². The first-order valence-electron chi connectivity index (χ1n) is 9.86. The summed E-state index contributed by atoms with van der Waals surface area (Å²) in [7, 11) is 0. The molecule has 0 aromatic heterocycles. The van der Waals surface area contributed by atoms with E-state index in [1.54, 1.807) is 6.07 Å². The van der Waals surface area contributed by atoms with Crippen molar-refractivity contribution in [1.82, 2.24) is 5.01 Å². The summed E-state index contributed by atoms with van der Waals surface area (Å²) in [4.78, 5) is 37.3. The van der Waals surface area contributed by atoms with Crippen molar-refractivity contribution >= 4 is 68.4 Å². The van der Waals surface area contributed by atoms with Crippen LogP contribution in [0.4, 0.5) is 5.69 Å². The van der Waals surface area contributed by atoms with Crippen LogP contribution < -0.4 is 5.01 Å². The number of aliphatic carboxylic acids is 1. The van der Waals surface area contributed by atoms with Crippen molar-refractivity contribution < 1.29 is 19.5 Å². The van der Waals surface area contributed by atoms with Crippen LogP contribution in [0, 0.1) is 0 Å². The molecule has 0 saturated heterocycles. The molecule has 1 unspecified atom stereocenters. The highest BCUT2D eigenvalue weighted by molar-refractivity contribution is 7.80. The molecule has 0 aliphatic carbocycles. The first-order chi connectivity index (χ1) is 15.0. The largest absolute Gasteiger partial charge is 0.480 e. The van der Waals surface area contributed by atoms with E-state index in [0.717, 1.165) is 49.5 Å². The third-order valence-corrected chi connectivity index (χ3v) is 5.99. The van der Waals surface area contributed by atoms with Crippen LogP contribution in [-0.4, -0.2) is 39.7 Å². The van der Waals surface area contributed by atoms with Crippen LogP contribution >= 0.6 is 12.6 Å². The van der Waals surface area contributed by atoms with Crippen molar-refractivity contribution in [2.75, 3.05) is 10.8 Å². The summed E-state index contributed by atoms with van der Waals surface area (Å²) < 4.78 is 0. The molecule has 5 rings (SSSR count). The molecule has 0 radical (unpaired) electrons. The number of rotatable bonds is 6. The number of carbonyl (C=O) groups is 3.